The summed E-state index contributed by atoms with van der Waals surface area (Å²) in [6.07, 6.45) is 2.06. The summed E-state index contributed by atoms with van der Waals surface area (Å²) in [6.45, 7) is 2.54. The number of hydrogen-bond acceptors (Lipinski definition) is 3. The summed E-state index contributed by atoms with van der Waals surface area (Å²) in [5.41, 5.74) is 0. The molecule has 0 amide bonds. The van der Waals surface area contributed by atoms with Crippen molar-refractivity contribution in [1.82, 2.24) is 5.32 Å². The highest BCUT2D eigenvalue weighted by atomic mass is 32.2. The van der Waals surface area contributed by atoms with E-state index in [-0.39, 0.29) is 0 Å². The Labute approximate surface area is 60.6 Å². The molecular weight excluding hydrogens is 132 g/mol. The fourth-order valence-electron chi connectivity index (χ4n) is 0.529. The van der Waals surface area contributed by atoms with Crippen molar-refractivity contribution in [2.45, 2.75) is 13.0 Å². The molecule has 0 aliphatic heterocycles. The molecule has 0 rings (SSSR count). The van der Waals surface area contributed by atoms with Crippen LogP contribution in [-0.4, -0.2) is 24.6 Å². The van der Waals surface area contributed by atoms with Gasteiger partial charge in [-0.3, -0.25) is 0 Å². The molecule has 3 heteroatoms. The van der Waals surface area contributed by atoms with Crippen molar-refractivity contribution in [3.63, 3.8) is 0 Å². The fraction of sp³-hybridized carbons (Fsp3) is 0.833. The van der Waals surface area contributed by atoms with Gasteiger partial charge in [0.2, 0.25) is 0 Å². The number of hydrogen-bond donors (Lipinski definition) is 1. The highest BCUT2D eigenvalue weighted by Crippen LogP contribution is 1.94. The zero-order valence-corrected chi connectivity index (χ0v) is 6.66. The summed E-state index contributed by atoms with van der Waals surface area (Å²) in [5.74, 6) is 1.07. The molecular formula is C6H12N2S. The van der Waals surface area contributed by atoms with Gasteiger partial charge < -0.3 is 5.32 Å². The molecule has 0 heterocycles. The smallest absolute Gasteiger partial charge is 0.0843 e. The Morgan fingerprint density at radius 2 is 2.44 bits per heavy atom. The molecule has 52 valence electrons. The number of thioether (sulfide) groups is 1. The van der Waals surface area contributed by atoms with E-state index in [0.29, 0.717) is 12.6 Å². The molecule has 0 aromatic carbocycles. The van der Waals surface area contributed by atoms with Crippen molar-refractivity contribution in [3.8, 4) is 6.07 Å². The summed E-state index contributed by atoms with van der Waals surface area (Å²) in [7, 11) is 0. The van der Waals surface area contributed by atoms with Crippen LogP contribution in [0.1, 0.15) is 6.92 Å². The Hall–Kier alpha value is -0.200. The first-order valence-electron chi connectivity index (χ1n) is 2.90. The zero-order valence-electron chi connectivity index (χ0n) is 5.85. The van der Waals surface area contributed by atoms with Gasteiger partial charge in [0.25, 0.3) is 0 Å². The van der Waals surface area contributed by atoms with Crippen LogP contribution in [0.3, 0.4) is 0 Å². The molecule has 9 heavy (non-hydrogen) atoms. The van der Waals surface area contributed by atoms with Crippen LogP contribution in [0.15, 0.2) is 0 Å². The molecule has 0 fully saturated rings. The third-order valence-electron chi connectivity index (χ3n) is 0.946. The predicted molar refractivity (Wildman–Crippen MR) is 41.5 cm³/mol. The van der Waals surface area contributed by atoms with Gasteiger partial charge in [0.1, 0.15) is 0 Å². The first kappa shape index (κ1) is 8.80. The molecule has 2 nitrogen and oxygen atoms in total. The fourth-order valence-corrected chi connectivity index (χ4v) is 1.15. The second kappa shape index (κ2) is 5.93. The van der Waals surface area contributed by atoms with E-state index in [0.717, 1.165) is 5.75 Å². The Bertz CT molecular complexity index is 97.7. The molecule has 1 unspecified atom stereocenters. The van der Waals surface area contributed by atoms with E-state index in [9.17, 15) is 0 Å². The van der Waals surface area contributed by atoms with Gasteiger partial charge in [-0.25, -0.2) is 0 Å². The Kier molecular flexibility index (Phi) is 5.80. The maximum Gasteiger partial charge on any atom is 0.0843 e. The lowest BCUT2D eigenvalue weighted by Crippen LogP contribution is -2.28. The molecule has 0 saturated carbocycles. The van der Waals surface area contributed by atoms with Crippen molar-refractivity contribution < 1.29 is 0 Å². The van der Waals surface area contributed by atoms with Gasteiger partial charge in [-0.05, 0) is 13.2 Å². The summed E-state index contributed by atoms with van der Waals surface area (Å²) in [4.78, 5) is 0. The summed E-state index contributed by atoms with van der Waals surface area (Å²) in [6, 6.07) is 2.49. The lowest BCUT2D eigenvalue weighted by molar-refractivity contribution is 0.645. The third-order valence-corrected chi connectivity index (χ3v) is 1.78. The van der Waals surface area contributed by atoms with E-state index in [1.54, 1.807) is 11.8 Å². The first-order valence-corrected chi connectivity index (χ1v) is 4.30. The van der Waals surface area contributed by atoms with Crippen molar-refractivity contribution in [1.29, 1.82) is 5.26 Å². The first-order chi connectivity index (χ1) is 4.31. The minimum Gasteiger partial charge on any atom is -0.301 e. The lowest BCUT2D eigenvalue weighted by Gasteiger charge is -2.07. The molecule has 0 aromatic rings. The second-order valence-corrected chi connectivity index (χ2v) is 2.81. The second-order valence-electron chi connectivity index (χ2n) is 1.90. The molecule has 0 aromatic heterocycles. The van der Waals surface area contributed by atoms with Gasteiger partial charge >= 0.3 is 0 Å². The van der Waals surface area contributed by atoms with Crippen LogP contribution in [-0.2, 0) is 0 Å². The minimum absolute atomic E-state index is 0.458. The maximum atomic E-state index is 8.16. The SMILES string of the molecule is CSCC(C)NCC#N. The molecule has 0 bridgehead atoms. The average molecular weight is 144 g/mol. The van der Waals surface area contributed by atoms with E-state index >= 15 is 0 Å². The zero-order chi connectivity index (χ0) is 7.11. The molecule has 1 N–H and O–H groups in total. The van der Waals surface area contributed by atoms with Crippen LogP contribution in [0.5, 0.6) is 0 Å². The summed E-state index contributed by atoms with van der Waals surface area (Å²) < 4.78 is 0. The van der Waals surface area contributed by atoms with Crippen LogP contribution < -0.4 is 5.32 Å². The van der Waals surface area contributed by atoms with E-state index in [1.165, 1.54) is 0 Å². The van der Waals surface area contributed by atoms with E-state index in [1.807, 2.05) is 6.07 Å². The van der Waals surface area contributed by atoms with Gasteiger partial charge in [-0.15, -0.1) is 0 Å². The van der Waals surface area contributed by atoms with Gasteiger partial charge in [0.05, 0.1) is 12.6 Å². The summed E-state index contributed by atoms with van der Waals surface area (Å²) in [5, 5.41) is 11.2. The van der Waals surface area contributed by atoms with Gasteiger partial charge in [0, 0.05) is 11.8 Å². The molecule has 0 saturated heterocycles. The van der Waals surface area contributed by atoms with E-state index in [4.69, 9.17) is 5.26 Å². The Morgan fingerprint density at radius 1 is 1.78 bits per heavy atom. The molecule has 1 atom stereocenters. The van der Waals surface area contributed by atoms with E-state index < -0.39 is 0 Å². The number of rotatable bonds is 4. The van der Waals surface area contributed by atoms with Crippen molar-refractivity contribution >= 4 is 11.8 Å². The predicted octanol–water partition coefficient (Wildman–Crippen LogP) is 0.851. The Morgan fingerprint density at radius 3 is 2.89 bits per heavy atom. The van der Waals surface area contributed by atoms with Crippen molar-refractivity contribution in [2.75, 3.05) is 18.6 Å². The van der Waals surface area contributed by atoms with Crippen LogP contribution in [0.2, 0.25) is 0 Å². The van der Waals surface area contributed by atoms with E-state index in [2.05, 4.69) is 18.5 Å². The minimum atomic E-state index is 0.458. The average Bonchev–Trinajstić information content (AvgIpc) is 1.85. The van der Waals surface area contributed by atoms with Crippen molar-refractivity contribution in [2.24, 2.45) is 0 Å². The molecule has 0 aliphatic carbocycles. The van der Waals surface area contributed by atoms with Gasteiger partial charge in [0.15, 0.2) is 0 Å². The quantitative estimate of drug-likeness (QED) is 0.594. The topological polar surface area (TPSA) is 35.8 Å². The van der Waals surface area contributed by atoms with Gasteiger partial charge in [-0.2, -0.15) is 17.0 Å². The molecule has 0 radical (unpaired) electrons. The van der Waals surface area contributed by atoms with Crippen LogP contribution in [0, 0.1) is 11.3 Å². The number of nitrogens with zero attached hydrogens (tertiary/aromatic N) is 1. The highest BCUT2D eigenvalue weighted by molar-refractivity contribution is 7.98. The normalized spacial score (nSPS) is 12.6. The third kappa shape index (κ3) is 5.67. The Balaban J connectivity index is 3.07. The van der Waals surface area contributed by atoms with Gasteiger partial charge in [-0.1, -0.05) is 0 Å². The van der Waals surface area contributed by atoms with Crippen molar-refractivity contribution in [3.05, 3.63) is 0 Å². The maximum absolute atomic E-state index is 8.16. The molecule has 0 aliphatic rings. The number of nitrogens with one attached hydrogen (secondary N) is 1. The van der Waals surface area contributed by atoms with Crippen LogP contribution >= 0.6 is 11.8 Å². The van der Waals surface area contributed by atoms with Crippen LogP contribution in [0.4, 0.5) is 0 Å². The summed E-state index contributed by atoms with van der Waals surface area (Å²) >= 11 is 1.79. The standard InChI is InChI=1S/C6H12N2S/c1-6(5-9-2)8-4-3-7/h6,8H,4-5H2,1-2H3. The number of nitriles is 1. The highest BCUT2D eigenvalue weighted by Gasteiger charge is 1.95. The largest absolute Gasteiger partial charge is 0.301 e. The molecule has 0 spiro atoms. The lowest BCUT2D eigenvalue weighted by atomic mass is 10.4. The monoisotopic (exact) mass is 144 g/mol. The van der Waals surface area contributed by atoms with Crippen LogP contribution in [0.25, 0.3) is 0 Å².